The SMILES string of the molecule is Cn1c(C(=O)O)cnc1CN1CCC(n2c(=O)n(Cc3ccccc3)c3cccnc32)C1. The van der Waals surface area contributed by atoms with Gasteiger partial charge in [0.25, 0.3) is 0 Å². The average molecular weight is 432 g/mol. The van der Waals surface area contributed by atoms with E-state index in [4.69, 9.17) is 0 Å². The van der Waals surface area contributed by atoms with E-state index in [-0.39, 0.29) is 17.4 Å². The lowest BCUT2D eigenvalue weighted by molar-refractivity contribution is 0.0686. The highest BCUT2D eigenvalue weighted by molar-refractivity contribution is 5.85. The zero-order valence-electron chi connectivity index (χ0n) is 17.8. The molecule has 4 aromatic rings. The molecule has 9 nitrogen and oxygen atoms in total. The van der Waals surface area contributed by atoms with Gasteiger partial charge in [-0.2, -0.15) is 0 Å². The van der Waals surface area contributed by atoms with Crippen LogP contribution in [0.25, 0.3) is 11.2 Å². The van der Waals surface area contributed by atoms with E-state index in [1.807, 2.05) is 47.0 Å². The Hall–Kier alpha value is -3.72. The number of carboxylic acids is 1. The Morgan fingerprint density at radius 1 is 1.12 bits per heavy atom. The Labute approximate surface area is 184 Å². The monoisotopic (exact) mass is 432 g/mol. The summed E-state index contributed by atoms with van der Waals surface area (Å²) in [5.74, 6) is -0.297. The highest BCUT2D eigenvalue weighted by Crippen LogP contribution is 2.25. The first-order valence-electron chi connectivity index (χ1n) is 10.6. The number of benzene rings is 1. The fourth-order valence-electron chi connectivity index (χ4n) is 4.52. The normalized spacial score (nSPS) is 16.7. The van der Waals surface area contributed by atoms with Crippen LogP contribution >= 0.6 is 0 Å². The van der Waals surface area contributed by atoms with Crippen molar-refractivity contribution in [2.24, 2.45) is 7.05 Å². The van der Waals surface area contributed by atoms with Crippen LogP contribution in [0.4, 0.5) is 0 Å². The molecule has 0 amide bonds. The molecule has 4 heterocycles. The van der Waals surface area contributed by atoms with E-state index >= 15 is 0 Å². The first kappa shape index (κ1) is 20.2. The molecule has 0 radical (unpaired) electrons. The van der Waals surface area contributed by atoms with Gasteiger partial charge in [-0.1, -0.05) is 30.3 Å². The second-order valence-corrected chi connectivity index (χ2v) is 8.17. The number of carboxylic acid groups (broad SMARTS) is 1. The zero-order chi connectivity index (χ0) is 22.2. The number of hydrogen-bond acceptors (Lipinski definition) is 5. The first-order chi connectivity index (χ1) is 15.5. The Morgan fingerprint density at radius 2 is 1.94 bits per heavy atom. The van der Waals surface area contributed by atoms with E-state index in [0.29, 0.717) is 31.1 Å². The van der Waals surface area contributed by atoms with Crippen LogP contribution < -0.4 is 5.69 Å². The van der Waals surface area contributed by atoms with Gasteiger partial charge >= 0.3 is 11.7 Å². The number of carbonyl (C=O) groups is 1. The summed E-state index contributed by atoms with van der Waals surface area (Å²) in [7, 11) is 1.71. The highest BCUT2D eigenvalue weighted by atomic mass is 16.4. The number of nitrogens with zero attached hydrogens (tertiary/aromatic N) is 6. The fraction of sp³-hybridized carbons (Fsp3) is 0.304. The van der Waals surface area contributed by atoms with Crippen LogP contribution in [0.1, 0.15) is 34.3 Å². The molecule has 1 unspecified atom stereocenters. The van der Waals surface area contributed by atoms with Crippen molar-refractivity contribution in [2.45, 2.75) is 25.6 Å². The van der Waals surface area contributed by atoms with Crippen LogP contribution in [0.5, 0.6) is 0 Å². The van der Waals surface area contributed by atoms with E-state index < -0.39 is 5.97 Å². The lowest BCUT2D eigenvalue weighted by atomic mass is 10.2. The topological polar surface area (TPSA) is 98.2 Å². The molecular formula is C23H24N6O3. The highest BCUT2D eigenvalue weighted by Gasteiger charge is 2.29. The van der Waals surface area contributed by atoms with Gasteiger partial charge in [-0.05, 0) is 24.1 Å². The van der Waals surface area contributed by atoms with Crippen molar-refractivity contribution in [3.63, 3.8) is 0 Å². The number of imidazole rings is 2. The van der Waals surface area contributed by atoms with Crippen molar-refractivity contribution in [3.05, 3.63) is 82.4 Å². The van der Waals surface area contributed by atoms with Gasteiger partial charge in [0.05, 0.1) is 30.8 Å². The van der Waals surface area contributed by atoms with Crippen LogP contribution in [0.15, 0.2) is 59.7 Å². The summed E-state index contributed by atoms with van der Waals surface area (Å²) in [4.78, 5) is 35.8. The minimum atomic E-state index is -0.991. The fourth-order valence-corrected chi connectivity index (χ4v) is 4.52. The molecule has 1 aromatic carbocycles. The molecule has 164 valence electrons. The van der Waals surface area contributed by atoms with E-state index in [2.05, 4.69) is 14.9 Å². The van der Waals surface area contributed by atoms with Gasteiger partial charge in [-0.15, -0.1) is 0 Å². The van der Waals surface area contributed by atoms with Crippen molar-refractivity contribution in [2.75, 3.05) is 13.1 Å². The third-order valence-electron chi connectivity index (χ3n) is 6.19. The van der Waals surface area contributed by atoms with Gasteiger partial charge in [0, 0.05) is 26.3 Å². The number of aromatic nitrogens is 5. The molecule has 1 aliphatic rings. The minimum Gasteiger partial charge on any atom is -0.477 e. The Bertz CT molecular complexity index is 1340. The molecule has 5 rings (SSSR count). The van der Waals surface area contributed by atoms with Gasteiger partial charge in [0.15, 0.2) is 5.65 Å². The zero-order valence-corrected chi connectivity index (χ0v) is 17.8. The summed E-state index contributed by atoms with van der Waals surface area (Å²) in [6, 6.07) is 13.7. The largest absolute Gasteiger partial charge is 0.477 e. The molecule has 32 heavy (non-hydrogen) atoms. The molecule has 1 saturated heterocycles. The second-order valence-electron chi connectivity index (χ2n) is 8.17. The molecule has 1 fully saturated rings. The molecule has 1 aliphatic heterocycles. The molecule has 0 bridgehead atoms. The first-order valence-corrected chi connectivity index (χ1v) is 10.6. The van der Waals surface area contributed by atoms with Gasteiger partial charge < -0.3 is 9.67 Å². The van der Waals surface area contributed by atoms with Crippen LogP contribution in [0.3, 0.4) is 0 Å². The number of rotatable bonds is 6. The van der Waals surface area contributed by atoms with Gasteiger partial charge in [0.1, 0.15) is 11.5 Å². The van der Waals surface area contributed by atoms with Crippen molar-refractivity contribution >= 4 is 17.1 Å². The number of fused-ring (bicyclic) bond motifs is 1. The molecule has 1 N–H and O–H groups in total. The van der Waals surface area contributed by atoms with Crippen LogP contribution in [-0.2, 0) is 20.1 Å². The minimum absolute atomic E-state index is 0.00358. The summed E-state index contributed by atoms with van der Waals surface area (Å²) >= 11 is 0. The van der Waals surface area contributed by atoms with Crippen molar-refractivity contribution in [3.8, 4) is 0 Å². The molecule has 0 spiro atoms. The van der Waals surface area contributed by atoms with Crippen molar-refractivity contribution in [1.29, 1.82) is 0 Å². The van der Waals surface area contributed by atoms with E-state index in [9.17, 15) is 14.7 Å². The van der Waals surface area contributed by atoms with E-state index in [1.165, 1.54) is 6.20 Å². The average Bonchev–Trinajstić information content (AvgIpc) is 3.47. The lowest BCUT2D eigenvalue weighted by Crippen LogP contribution is -2.30. The Morgan fingerprint density at radius 3 is 2.69 bits per heavy atom. The predicted octanol–water partition coefficient (Wildman–Crippen LogP) is 2.12. The van der Waals surface area contributed by atoms with E-state index in [1.54, 1.807) is 22.4 Å². The number of hydrogen-bond donors (Lipinski definition) is 1. The molecule has 0 aliphatic carbocycles. The van der Waals surface area contributed by atoms with Crippen molar-refractivity contribution < 1.29 is 9.90 Å². The standard InChI is InChI=1S/C23H24N6O3/c1-26-19(22(30)31)12-25-20(26)15-27-11-9-17(14-27)29-21-18(8-5-10-24-21)28(23(29)32)13-16-6-3-2-4-7-16/h2-8,10,12,17H,9,11,13-15H2,1H3,(H,30,31). The van der Waals surface area contributed by atoms with Gasteiger partial charge in [-0.25, -0.2) is 19.6 Å². The maximum atomic E-state index is 13.5. The number of pyridine rings is 1. The number of likely N-dealkylation sites (tertiary alicyclic amines) is 1. The van der Waals surface area contributed by atoms with E-state index in [0.717, 1.165) is 24.0 Å². The summed E-state index contributed by atoms with van der Waals surface area (Å²) < 4.78 is 5.21. The molecular weight excluding hydrogens is 408 g/mol. The number of aromatic carboxylic acids is 1. The summed E-state index contributed by atoms with van der Waals surface area (Å²) in [5.41, 5.74) is 2.70. The molecule has 3 aromatic heterocycles. The Kier molecular flexibility index (Phi) is 5.10. The summed E-state index contributed by atoms with van der Waals surface area (Å²) in [6.45, 7) is 2.50. The second kappa shape index (κ2) is 8.08. The molecule has 9 heteroatoms. The van der Waals surface area contributed by atoms with Gasteiger partial charge in [0.2, 0.25) is 0 Å². The predicted molar refractivity (Wildman–Crippen MR) is 119 cm³/mol. The maximum absolute atomic E-state index is 13.5. The lowest BCUT2D eigenvalue weighted by Gasteiger charge is -2.16. The quantitative estimate of drug-likeness (QED) is 0.501. The van der Waals surface area contributed by atoms with Crippen LogP contribution in [0, 0.1) is 0 Å². The third-order valence-corrected chi connectivity index (χ3v) is 6.19. The molecule has 1 atom stereocenters. The van der Waals surface area contributed by atoms with Gasteiger partial charge in [-0.3, -0.25) is 14.0 Å². The smallest absolute Gasteiger partial charge is 0.354 e. The van der Waals surface area contributed by atoms with Crippen LogP contribution in [-0.4, -0.2) is 52.7 Å². The summed E-state index contributed by atoms with van der Waals surface area (Å²) in [5, 5.41) is 9.25. The van der Waals surface area contributed by atoms with Crippen molar-refractivity contribution in [1.82, 2.24) is 28.6 Å². The molecule has 0 saturated carbocycles. The summed E-state index contributed by atoms with van der Waals surface area (Å²) in [6.07, 6.45) is 3.92. The maximum Gasteiger partial charge on any atom is 0.354 e. The third kappa shape index (κ3) is 3.50. The Balaban J connectivity index is 1.43. The van der Waals surface area contributed by atoms with Crippen LogP contribution in [0.2, 0.25) is 0 Å².